The Morgan fingerprint density at radius 1 is 1.30 bits per heavy atom. The summed E-state index contributed by atoms with van der Waals surface area (Å²) < 4.78 is 0. The van der Waals surface area contributed by atoms with Crippen molar-refractivity contribution in [3.63, 3.8) is 0 Å². The molecule has 104 valence electrons. The maximum Gasteiger partial charge on any atom is 0.328 e. The summed E-state index contributed by atoms with van der Waals surface area (Å²) in [6, 6.07) is 6.03. The molecule has 0 radical (unpaired) electrons. The average Bonchev–Trinajstić information content (AvgIpc) is 2.40. The molecule has 1 N–H and O–H groups in total. The molecule has 1 aromatic carbocycles. The number of aromatic nitrogens is 1. The van der Waals surface area contributed by atoms with E-state index in [2.05, 4.69) is 27.7 Å². The van der Waals surface area contributed by atoms with Gasteiger partial charge in [-0.15, -0.1) is 0 Å². The molecule has 0 fully saturated rings. The van der Waals surface area contributed by atoms with Gasteiger partial charge in [-0.1, -0.05) is 26.0 Å². The minimum atomic E-state index is -0.940. The van der Waals surface area contributed by atoms with Crippen molar-refractivity contribution >= 4 is 22.9 Å². The first kappa shape index (κ1) is 14.3. The van der Waals surface area contributed by atoms with Gasteiger partial charge in [0.2, 0.25) is 0 Å². The standard InChI is InChI=1S/C17H19NO2/c1-10(2)15-9-13(6-8-16(19)20)14-7-5-11(3)12(4)17(14)18-15/h5-10H,1-4H3,(H,19,20)/b8-6+. The van der Waals surface area contributed by atoms with Crippen LogP contribution in [0.25, 0.3) is 17.0 Å². The molecule has 0 unspecified atom stereocenters. The fourth-order valence-electron chi connectivity index (χ4n) is 2.17. The summed E-state index contributed by atoms with van der Waals surface area (Å²) in [6.45, 7) is 8.29. The Hall–Kier alpha value is -2.16. The molecule has 0 bridgehead atoms. The fraction of sp³-hybridized carbons (Fsp3) is 0.294. The molecular weight excluding hydrogens is 250 g/mol. The second-order valence-corrected chi connectivity index (χ2v) is 5.37. The van der Waals surface area contributed by atoms with E-state index in [1.807, 2.05) is 18.2 Å². The van der Waals surface area contributed by atoms with E-state index in [1.165, 1.54) is 11.6 Å². The third-order valence-corrected chi connectivity index (χ3v) is 3.55. The number of carboxylic acid groups (broad SMARTS) is 1. The molecular formula is C17H19NO2. The lowest BCUT2D eigenvalue weighted by atomic mass is 9.98. The highest BCUT2D eigenvalue weighted by Crippen LogP contribution is 2.27. The molecule has 3 heteroatoms. The number of carbonyl (C=O) groups is 1. The van der Waals surface area contributed by atoms with Crippen LogP contribution >= 0.6 is 0 Å². The van der Waals surface area contributed by atoms with Crippen LogP contribution in [0.3, 0.4) is 0 Å². The number of aliphatic carboxylic acids is 1. The number of hydrogen-bond donors (Lipinski definition) is 1. The molecule has 0 saturated heterocycles. The number of fused-ring (bicyclic) bond motifs is 1. The topological polar surface area (TPSA) is 50.2 Å². The number of aryl methyl sites for hydroxylation is 2. The van der Waals surface area contributed by atoms with Crippen LogP contribution < -0.4 is 0 Å². The van der Waals surface area contributed by atoms with Gasteiger partial charge in [-0.25, -0.2) is 4.79 Å². The van der Waals surface area contributed by atoms with Gasteiger partial charge in [-0.2, -0.15) is 0 Å². The van der Waals surface area contributed by atoms with Gasteiger partial charge >= 0.3 is 5.97 Å². The number of pyridine rings is 1. The second-order valence-electron chi connectivity index (χ2n) is 5.37. The van der Waals surface area contributed by atoms with Gasteiger partial charge in [0.1, 0.15) is 0 Å². The third-order valence-electron chi connectivity index (χ3n) is 3.55. The predicted octanol–water partition coefficient (Wildman–Crippen LogP) is 4.07. The van der Waals surface area contributed by atoms with E-state index >= 15 is 0 Å². The van der Waals surface area contributed by atoms with Crippen LogP contribution in [-0.2, 0) is 4.79 Å². The van der Waals surface area contributed by atoms with Crippen molar-refractivity contribution in [3.8, 4) is 0 Å². The lowest BCUT2D eigenvalue weighted by Crippen LogP contribution is -1.98. The lowest BCUT2D eigenvalue weighted by Gasteiger charge is -2.12. The van der Waals surface area contributed by atoms with Gasteiger partial charge in [-0.05, 0) is 48.6 Å². The summed E-state index contributed by atoms with van der Waals surface area (Å²) >= 11 is 0. The molecule has 2 aromatic rings. The van der Waals surface area contributed by atoms with Crippen LogP contribution in [0.5, 0.6) is 0 Å². The van der Waals surface area contributed by atoms with Crippen molar-refractivity contribution in [2.24, 2.45) is 0 Å². The van der Waals surface area contributed by atoms with E-state index in [4.69, 9.17) is 10.1 Å². The predicted molar refractivity (Wildman–Crippen MR) is 82.0 cm³/mol. The van der Waals surface area contributed by atoms with Gasteiger partial charge in [0, 0.05) is 17.2 Å². The van der Waals surface area contributed by atoms with E-state index in [9.17, 15) is 4.79 Å². The van der Waals surface area contributed by atoms with Crippen molar-refractivity contribution in [1.29, 1.82) is 0 Å². The molecule has 1 aromatic heterocycles. The van der Waals surface area contributed by atoms with Crippen molar-refractivity contribution < 1.29 is 9.90 Å². The van der Waals surface area contributed by atoms with Crippen molar-refractivity contribution in [3.05, 3.63) is 46.7 Å². The molecule has 0 atom stereocenters. The van der Waals surface area contributed by atoms with Crippen molar-refractivity contribution in [2.75, 3.05) is 0 Å². The Morgan fingerprint density at radius 2 is 2.00 bits per heavy atom. The summed E-state index contributed by atoms with van der Waals surface area (Å²) in [5.41, 5.74) is 5.19. The number of hydrogen-bond acceptors (Lipinski definition) is 2. The van der Waals surface area contributed by atoms with E-state index in [1.54, 1.807) is 6.08 Å². The zero-order valence-corrected chi connectivity index (χ0v) is 12.3. The first-order chi connectivity index (χ1) is 9.40. The highest BCUT2D eigenvalue weighted by atomic mass is 16.4. The molecule has 0 aliphatic rings. The average molecular weight is 269 g/mol. The Labute approximate surface area is 119 Å². The van der Waals surface area contributed by atoms with Gasteiger partial charge in [0.05, 0.1) is 5.52 Å². The van der Waals surface area contributed by atoms with Crippen LogP contribution in [0.1, 0.15) is 42.1 Å². The summed E-state index contributed by atoms with van der Waals surface area (Å²) in [6.07, 6.45) is 2.82. The molecule has 1 heterocycles. The summed E-state index contributed by atoms with van der Waals surface area (Å²) in [5, 5.41) is 9.82. The Bertz CT molecular complexity index is 700. The SMILES string of the molecule is Cc1ccc2c(/C=C/C(=O)O)cc(C(C)C)nc2c1C. The van der Waals surface area contributed by atoms with Crippen LogP contribution in [-0.4, -0.2) is 16.1 Å². The summed E-state index contributed by atoms with van der Waals surface area (Å²) in [4.78, 5) is 15.5. The summed E-state index contributed by atoms with van der Waals surface area (Å²) in [7, 11) is 0. The molecule has 0 spiro atoms. The van der Waals surface area contributed by atoms with Crippen molar-refractivity contribution in [1.82, 2.24) is 4.98 Å². The first-order valence-electron chi connectivity index (χ1n) is 6.72. The minimum Gasteiger partial charge on any atom is -0.478 e. The van der Waals surface area contributed by atoms with E-state index < -0.39 is 5.97 Å². The smallest absolute Gasteiger partial charge is 0.328 e. The van der Waals surface area contributed by atoms with E-state index in [-0.39, 0.29) is 0 Å². The molecule has 0 amide bonds. The highest BCUT2D eigenvalue weighted by Gasteiger charge is 2.10. The van der Waals surface area contributed by atoms with Gasteiger partial charge in [0.15, 0.2) is 0 Å². The Balaban J connectivity index is 2.77. The highest BCUT2D eigenvalue weighted by molar-refractivity contribution is 5.94. The number of carboxylic acids is 1. The minimum absolute atomic E-state index is 0.302. The zero-order chi connectivity index (χ0) is 14.9. The van der Waals surface area contributed by atoms with Crippen LogP contribution in [0, 0.1) is 13.8 Å². The van der Waals surface area contributed by atoms with Crippen LogP contribution in [0.15, 0.2) is 24.3 Å². The maximum atomic E-state index is 10.7. The monoisotopic (exact) mass is 269 g/mol. The molecule has 3 nitrogen and oxygen atoms in total. The summed E-state index contributed by atoms with van der Waals surface area (Å²) in [5.74, 6) is -0.638. The van der Waals surface area contributed by atoms with Crippen LogP contribution in [0.2, 0.25) is 0 Å². The molecule has 0 saturated carbocycles. The lowest BCUT2D eigenvalue weighted by molar-refractivity contribution is -0.131. The van der Waals surface area contributed by atoms with Gasteiger partial charge in [-0.3, -0.25) is 4.98 Å². The largest absolute Gasteiger partial charge is 0.478 e. The molecule has 0 aliphatic carbocycles. The maximum absolute atomic E-state index is 10.7. The Kier molecular flexibility index (Phi) is 3.89. The van der Waals surface area contributed by atoms with Crippen molar-refractivity contribution in [2.45, 2.75) is 33.6 Å². The van der Waals surface area contributed by atoms with Crippen LogP contribution in [0.4, 0.5) is 0 Å². The number of rotatable bonds is 3. The van der Waals surface area contributed by atoms with E-state index in [0.29, 0.717) is 5.92 Å². The fourth-order valence-corrected chi connectivity index (χ4v) is 2.17. The number of benzene rings is 1. The normalized spacial score (nSPS) is 11.7. The third kappa shape index (κ3) is 2.72. The van der Waals surface area contributed by atoms with E-state index in [0.717, 1.165) is 27.7 Å². The first-order valence-corrected chi connectivity index (χ1v) is 6.72. The van der Waals surface area contributed by atoms with Gasteiger partial charge in [0.25, 0.3) is 0 Å². The molecule has 0 aliphatic heterocycles. The Morgan fingerprint density at radius 3 is 2.60 bits per heavy atom. The molecule has 2 rings (SSSR count). The molecule has 20 heavy (non-hydrogen) atoms. The quantitative estimate of drug-likeness (QED) is 0.854. The number of nitrogens with zero attached hydrogens (tertiary/aromatic N) is 1. The zero-order valence-electron chi connectivity index (χ0n) is 12.3. The van der Waals surface area contributed by atoms with Gasteiger partial charge < -0.3 is 5.11 Å². The second kappa shape index (κ2) is 5.45.